The fourth-order valence-corrected chi connectivity index (χ4v) is 2.12. The molecule has 1 N–H and O–H groups in total. The van der Waals surface area contributed by atoms with Crippen LogP contribution >= 0.6 is 0 Å². The van der Waals surface area contributed by atoms with Crippen molar-refractivity contribution in [2.45, 2.75) is 6.92 Å². The second-order valence-electron chi connectivity index (χ2n) is 4.86. The number of aryl methyl sites for hydroxylation is 1. The predicted molar refractivity (Wildman–Crippen MR) is 84.4 cm³/mol. The van der Waals surface area contributed by atoms with Crippen LogP contribution in [0.15, 0.2) is 48.8 Å². The van der Waals surface area contributed by atoms with Crippen molar-refractivity contribution in [1.29, 1.82) is 5.26 Å². The van der Waals surface area contributed by atoms with Gasteiger partial charge in [-0.25, -0.2) is 14.4 Å². The van der Waals surface area contributed by atoms with E-state index >= 15 is 0 Å². The van der Waals surface area contributed by atoms with Gasteiger partial charge in [-0.05, 0) is 42.8 Å². The lowest BCUT2D eigenvalue weighted by Gasteiger charge is -2.11. The molecule has 3 heterocycles. The number of nitrogens with one attached hydrogen (secondary N) is 1. The third kappa shape index (κ3) is 3.14. The summed E-state index contributed by atoms with van der Waals surface area (Å²) in [4.78, 5) is 12.7. The minimum atomic E-state index is -0.428. The molecule has 0 unspecified atom stereocenters. The van der Waals surface area contributed by atoms with Gasteiger partial charge in [0.1, 0.15) is 17.7 Å². The summed E-state index contributed by atoms with van der Waals surface area (Å²) in [6.07, 6.45) is 2.78. The average Bonchev–Trinajstić information content (AvgIpc) is 2.57. The molecule has 3 rings (SSSR count). The minimum absolute atomic E-state index is 0.368. The Kier molecular flexibility index (Phi) is 3.93. The third-order valence-corrected chi connectivity index (χ3v) is 3.23. The van der Waals surface area contributed by atoms with Gasteiger partial charge in [-0.3, -0.25) is 4.98 Å². The van der Waals surface area contributed by atoms with Gasteiger partial charge in [0, 0.05) is 6.20 Å². The zero-order valence-corrected chi connectivity index (χ0v) is 12.3. The monoisotopic (exact) mass is 305 g/mol. The van der Waals surface area contributed by atoms with Gasteiger partial charge in [0.2, 0.25) is 0 Å². The Morgan fingerprint density at radius 3 is 2.65 bits per heavy atom. The standard InChI is InChI=1S/C17H12FN5/c1-11-8-15(14-4-2-3-7-20-14)22-17(13(11)9-19)23-16-6-5-12(18)10-21-16/h2-8,10H,1H3,(H,21,22,23). The van der Waals surface area contributed by atoms with Gasteiger partial charge < -0.3 is 5.32 Å². The van der Waals surface area contributed by atoms with Crippen LogP contribution in [0.2, 0.25) is 0 Å². The fourth-order valence-electron chi connectivity index (χ4n) is 2.12. The van der Waals surface area contributed by atoms with E-state index in [1.807, 2.05) is 31.2 Å². The first-order valence-electron chi connectivity index (χ1n) is 6.89. The molecule has 0 aromatic carbocycles. The number of pyridine rings is 3. The van der Waals surface area contributed by atoms with Gasteiger partial charge >= 0.3 is 0 Å². The summed E-state index contributed by atoms with van der Waals surface area (Å²) < 4.78 is 13.0. The molecule has 0 aliphatic heterocycles. The molecular formula is C17H12FN5. The maximum absolute atomic E-state index is 13.0. The first kappa shape index (κ1) is 14.6. The molecule has 0 bridgehead atoms. The number of halogens is 1. The Morgan fingerprint density at radius 2 is 2.00 bits per heavy atom. The van der Waals surface area contributed by atoms with E-state index in [0.717, 1.165) is 11.8 Å². The van der Waals surface area contributed by atoms with Crippen molar-refractivity contribution in [2.24, 2.45) is 0 Å². The molecule has 0 fully saturated rings. The predicted octanol–water partition coefficient (Wildman–Crippen LogP) is 3.60. The third-order valence-electron chi connectivity index (χ3n) is 3.23. The second-order valence-corrected chi connectivity index (χ2v) is 4.86. The van der Waals surface area contributed by atoms with Crippen LogP contribution < -0.4 is 5.32 Å². The van der Waals surface area contributed by atoms with Gasteiger partial charge in [0.25, 0.3) is 0 Å². The Bertz CT molecular complexity index is 870. The van der Waals surface area contributed by atoms with E-state index in [1.165, 1.54) is 12.1 Å². The van der Waals surface area contributed by atoms with Crippen molar-refractivity contribution in [3.05, 3.63) is 65.7 Å². The summed E-state index contributed by atoms with van der Waals surface area (Å²) in [6, 6.07) is 12.2. The summed E-state index contributed by atoms with van der Waals surface area (Å²) in [5.74, 6) is 0.350. The van der Waals surface area contributed by atoms with Crippen LogP contribution in [0.1, 0.15) is 11.1 Å². The van der Waals surface area contributed by atoms with Crippen molar-refractivity contribution >= 4 is 11.6 Å². The SMILES string of the molecule is Cc1cc(-c2ccccn2)nc(Nc2ccc(F)cn2)c1C#N. The molecule has 0 atom stereocenters. The van der Waals surface area contributed by atoms with Gasteiger partial charge in [0.15, 0.2) is 5.82 Å². The molecule has 0 saturated carbocycles. The van der Waals surface area contributed by atoms with Crippen LogP contribution in [-0.2, 0) is 0 Å². The number of hydrogen-bond acceptors (Lipinski definition) is 5. The highest BCUT2D eigenvalue weighted by molar-refractivity contribution is 5.68. The number of aromatic nitrogens is 3. The quantitative estimate of drug-likeness (QED) is 0.800. The number of nitriles is 1. The molecule has 23 heavy (non-hydrogen) atoms. The normalized spacial score (nSPS) is 10.1. The lowest BCUT2D eigenvalue weighted by molar-refractivity contribution is 0.622. The van der Waals surface area contributed by atoms with Crippen LogP contribution in [-0.4, -0.2) is 15.0 Å². The van der Waals surface area contributed by atoms with Crippen molar-refractivity contribution in [2.75, 3.05) is 5.32 Å². The maximum Gasteiger partial charge on any atom is 0.150 e. The Labute approximate surface area is 132 Å². The molecular weight excluding hydrogens is 293 g/mol. The van der Waals surface area contributed by atoms with E-state index < -0.39 is 5.82 Å². The summed E-state index contributed by atoms with van der Waals surface area (Å²) in [7, 11) is 0. The molecule has 0 aliphatic carbocycles. The summed E-state index contributed by atoms with van der Waals surface area (Å²) >= 11 is 0. The number of rotatable bonds is 3. The maximum atomic E-state index is 13.0. The fraction of sp³-hybridized carbons (Fsp3) is 0.0588. The van der Waals surface area contributed by atoms with E-state index in [4.69, 9.17) is 0 Å². The largest absolute Gasteiger partial charge is 0.324 e. The first-order chi connectivity index (χ1) is 11.2. The minimum Gasteiger partial charge on any atom is -0.324 e. The van der Waals surface area contributed by atoms with Crippen LogP contribution in [0.3, 0.4) is 0 Å². The zero-order valence-electron chi connectivity index (χ0n) is 12.3. The van der Waals surface area contributed by atoms with Gasteiger partial charge in [-0.1, -0.05) is 6.07 Å². The lowest BCUT2D eigenvalue weighted by atomic mass is 10.1. The highest BCUT2D eigenvalue weighted by Gasteiger charge is 2.12. The molecule has 5 nitrogen and oxygen atoms in total. The highest BCUT2D eigenvalue weighted by atomic mass is 19.1. The van der Waals surface area contributed by atoms with Crippen molar-refractivity contribution in [3.8, 4) is 17.5 Å². The molecule has 112 valence electrons. The van der Waals surface area contributed by atoms with E-state index in [9.17, 15) is 9.65 Å². The second kappa shape index (κ2) is 6.20. The molecule has 0 amide bonds. The Balaban J connectivity index is 2.05. The van der Waals surface area contributed by atoms with E-state index in [1.54, 1.807) is 6.20 Å². The van der Waals surface area contributed by atoms with E-state index in [2.05, 4.69) is 26.3 Å². The number of anilines is 2. The van der Waals surface area contributed by atoms with Gasteiger partial charge in [0.05, 0.1) is 23.1 Å². The Hall–Kier alpha value is -3.33. The smallest absolute Gasteiger partial charge is 0.150 e. The average molecular weight is 305 g/mol. The Morgan fingerprint density at radius 1 is 1.13 bits per heavy atom. The first-order valence-corrected chi connectivity index (χ1v) is 6.89. The van der Waals surface area contributed by atoms with Gasteiger partial charge in [-0.2, -0.15) is 5.26 Å². The topological polar surface area (TPSA) is 74.5 Å². The van der Waals surface area contributed by atoms with Crippen LogP contribution in [0.4, 0.5) is 16.0 Å². The zero-order chi connectivity index (χ0) is 16.2. The van der Waals surface area contributed by atoms with Crippen LogP contribution in [0.25, 0.3) is 11.4 Å². The molecule has 0 aliphatic rings. The highest BCUT2D eigenvalue weighted by Crippen LogP contribution is 2.25. The van der Waals surface area contributed by atoms with Crippen LogP contribution in [0, 0.1) is 24.1 Å². The number of hydrogen-bond donors (Lipinski definition) is 1. The molecule has 3 aromatic rings. The molecule has 0 spiro atoms. The van der Waals surface area contributed by atoms with Crippen molar-refractivity contribution < 1.29 is 4.39 Å². The molecule has 0 saturated heterocycles. The summed E-state index contributed by atoms with van der Waals surface area (Å²) in [5.41, 5.74) is 2.53. The van der Waals surface area contributed by atoms with Crippen molar-refractivity contribution in [1.82, 2.24) is 15.0 Å². The van der Waals surface area contributed by atoms with Crippen molar-refractivity contribution in [3.63, 3.8) is 0 Å². The van der Waals surface area contributed by atoms with Gasteiger partial charge in [-0.15, -0.1) is 0 Å². The lowest BCUT2D eigenvalue weighted by Crippen LogP contribution is -2.02. The summed E-state index contributed by atoms with van der Waals surface area (Å²) in [5, 5.41) is 12.3. The molecule has 3 aromatic heterocycles. The van der Waals surface area contributed by atoms with E-state index in [-0.39, 0.29) is 0 Å². The number of nitrogens with zero attached hydrogens (tertiary/aromatic N) is 4. The van der Waals surface area contributed by atoms with E-state index in [0.29, 0.717) is 28.6 Å². The summed E-state index contributed by atoms with van der Waals surface area (Å²) in [6.45, 7) is 1.83. The molecule has 0 radical (unpaired) electrons. The molecule has 6 heteroatoms. The van der Waals surface area contributed by atoms with Crippen LogP contribution in [0.5, 0.6) is 0 Å².